The fourth-order valence-corrected chi connectivity index (χ4v) is 5.20. The highest BCUT2D eigenvalue weighted by Crippen LogP contribution is 2.61. The summed E-state index contributed by atoms with van der Waals surface area (Å²) >= 11 is 0. The molecule has 2 nitrogen and oxygen atoms in total. The molecule has 0 heterocycles. The van der Waals surface area contributed by atoms with Gasteiger partial charge in [0.15, 0.2) is 0 Å². The Morgan fingerprint density at radius 3 is 2.00 bits per heavy atom. The van der Waals surface area contributed by atoms with Crippen molar-refractivity contribution in [3.05, 3.63) is 0 Å². The van der Waals surface area contributed by atoms with E-state index in [1.165, 1.54) is 44.9 Å². The Morgan fingerprint density at radius 1 is 1.13 bits per heavy atom. The maximum atomic E-state index is 5.30. The van der Waals surface area contributed by atoms with Crippen LogP contribution >= 0.6 is 0 Å². The maximum Gasteiger partial charge on any atom is 0.0764 e. The van der Waals surface area contributed by atoms with Crippen molar-refractivity contribution in [2.75, 3.05) is 0 Å². The van der Waals surface area contributed by atoms with Crippen LogP contribution < -0.4 is 5.90 Å². The Labute approximate surface area is 92.5 Å². The summed E-state index contributed by atoms with van der Waals surface area (Å²) in [6.45, 7) is 2.12. The Bertz CT molecular complexity index is 216. The molecule has 4 aliphatic rings. The maximum absolute atomic E-state index is 5.30. The van der Waals surface area contributed by atoms with Crippen LogP contribution in [0.25, 0.3) is 0 Å². The zero-order chi connectivity index (χ0) is 10.5. The molecular formula is C13H23NO. The molecule has 15 heavy (non-hydrogen) atoms. The Hall–Kier alpha value is -0.0800. The minimum atomic E-state index is 0.251. The molecule has 4 saturated carbocycles. The molecule has 0 aromatic heterocycles. The number of hydrogen-bond donors (Lipinski definition) is 1. The highest BCUT2D eigenvalue weighted by Gasteiger charge is 2.50. The molecule has 0 aliphatic heterocycles. The van der Waals surface area contributed by atoms with Gasteiger partial charge in [0.05, 0.1) is 6.10 Å². The lowest BCUT2D eigenvalue weighted by Gasteiger charge is -2.57. The van der Waals surface area contributed by atoms with Gasteiger partial charge in [-0.1, -0.05) is 0 Å². The fourth-order valence-electron chi connectivity index (χ4n) is 5.20. The van der Waals surface area contributed by atoms with Gasteiger partial charge >= 0.3 is 0 Å². The summed E-state index contributed by atoms with van der Waals surface area (Å²) in [5.74, 6) is 8.43. The van der Waals surface area contributed by atoms with Gasteiger partial charge in [-0.2, -0.15) is 0 Å². The van der Waals surface area contributed by atoms with Gasteiger partial charge in [-0.3, -0.25) is 0 Å². The van der Waals surface area contributed by atoms with E-state index in [0.29, 0.717) is 5.41 Å². The molecule has 1 atom stereocenters. The van der Waals surface area contributed by atoms with E-state index in [9.17, 15) is 0 Å². The van der Waals surface area contributed by atoms with Crippen molar-refractivity contribution in [2.45, 2.75) is 58.0 Å². The highest BCUT2D eigenvalue weighted by atomic mass is 16.6. The zero-order valence-corrected chi connectivity index (χ0v) is 9.74. The van der Waals surface area contributed by atoms with Crippen LogP contribution in [0.2, 0.25) is 0 Å². The van der Waals surface area contributed by atoms with Crippen LogP contribution in [0.3, 0.4) is 0 Å². The molecule has 4 aliphatic carbocycles. The van der Waals surface area contributed by atoms with Gasteiger partial charge in [0.2, 0.25) is 0 Å². The second kappa shape index (κ2) is 3.46. The summed E-state index contributed by atoms with van der Waals surface area (Å²) in [5, 5.41) is 0. The molecule has 4 rings (SSSR count). The fraction of sp³-hybridized carbons (Fsp3) is 1.00. The normalized spacial score (nSPS) is 49.6. The Morgan fingerprint density at radius 2 is 1.60 bits per heavy atom. The van der Waals surface area contributed by atoms with Crippen molar-refractivity contribution in [2.24, 2.45) is 29.1 Å². The first-order chi connectivity index (χ1) is 7.19. The molecule has 4 bridgehead atoms. The lowest BCUT2D eigenvalue weighted by Crippen LogP contribution is -2.47. The zero-order valence-electron chi connectivity index (χ0n) is 9.74. The number of rotatable bonds is 3. The standard InChI is InChI=1S/C13H23NO/c1-9(15-14)5-13-6-10-2-11(7-13)4-12(3-10)8-13/h9-12H,2-8,14H2,1H3. The van der Waals surface area contributed by atoms with Gasteiger partial charge in [-0.25, -0.2) is 5.90 Å². The van der Waals surface area contributed by atoms with Crippen molar-refractivity contribution in [3.8, 4) is 0 Å². The van der Waals surface area contributed by atoms with Gasteiger partial charge in [0.25, 0.3) is 0 Å². The third kappa shape index (κ3) is 1.72. The van der Waals surface area contributed by atoms with Crippen LogP contribution in [-0.2, 0) is 4.84 Å². The lowest BCUT2D eigenvalue weighted by atomic mass is 9.48. The van der Waals surface area contributed by atoms with Crippen LogP contribution in [0.1, 0.15) is 51.9 Å². The molecule has 1 unspecified atom stereocenters. The van der Waals surface area contributed by atoms with Crippen LogP contribution in [0.4, 0.5) is 0 Å². The summed E-state index contributed by atoms with van der Waals surface area (Å²) in [4.78, 5) is 4.99. The minimum absolute atomic E-state index is 0.251. The van der Waals surface area contributed by atoms with E-state index >= 15 is 0 Å². The largest absolute Gasteiger partial charge is 0.302 e. The smallest absolute Gasteiger partial charge is 0.0764 e. The predicted molar refractivity (Wildman–Crippen MR) is 60.0 cm³/mol. The van der Waals surface area contributed by atoms with Crippen molar-refractivity contribution in [3.63, 3.8) is 0 Å². The third-order valence-electron chi connectivity index (χ3n) is 5.12. The van der Waals surface area contributed by atoms with Gasteiger partial charge < -0.3 is 4.84 Å². The van der Waals surface area contributed by atoms with E-state index < -0.39 is 0 Å². The number of nitrogens with two attached hydrogens (primary N) is 1. The van der Waals surface area contributed by atoms with E-state index in [0.717, 1.165) is 17.8 Å². The molecule has 2 N–H and O–H groups in total. The minimum Gasteiger partial charge on any atom is -0.302 e. The summed E-state index contributed by atoms with van der Waals surface area (Å²) in [6.07, 6.45) is 10.4. The topological polar surface area (TPSA) is 35.2 Å². The van der Waals surface area contributed by atoms with Gasteiger partial charge in [0.1, 0.15) is 0 Å². The first-order valence-electron chi connectivity index (χ1n) is 6.55. The molecule has 2 heteroatoms. The van der Waals surface area contributed by atoms with E-state index in [-0.39, 0.29) is 6.10 Å². The van der Waals surface area contributed by atoms with E-state index in [1.54, 1.807) is 0 Å². The summed E-state index contributed by atoms with van der Waals surface area (Å²) in [5.41, 5.74) is 0.619. The molecular weight excluding hydrogens is 186 g/mol. The monoisotopic (exact) mass is 209 g/mol. The second-order valence-corrected chi connectivity index (χ2v) is 6.57. The molecule has 0 aromatic rings. The third-order valence-corrected chi connectivity index (χ3v) is 5.12. The van der Waals surface area contributed by atoms with E-state index in [1.807, 2.05) is 0 Å². The van der Waals surface area contributed by atoms with Crippen LogP contribution in [-0.4, -0.2) is 6.10 Å². The molecule has 0 spiro atoms. The Kier molecular flexibility index (Phi) is 2.33. The van der Waals surface area contributed by atoms with Gasteiger partial charge in [-0.05, 0) is 75.0 Å². The van der Waals surface area contributed by atoms with E-state index in [4.69, 9.17) is 10.7 Å². The average molecular weight is 209 g/mol. The predicted octanol–water partition coefficient (Wildman–Crippen LogP) is 2.87. The molecule has 0 radical (unpaired) electrons. The van der Waals surface area contributed by atoms with Crippen molar-refractivity contribution >= 4 is 0 Å². The lowest BCUT2D eigenvalue weighted by molar-refractivity contribution is -0.0843. The second-order valence-electron chi connectivity index (χ2n) is 6.57. The van der Waals surface area contributed by atoms with Gasteiger partial charge in [0, 0.05) is 0 Å². The van der Waals surface area contributed by atoms with Crippen molar-refractivity contribution in [1.29, 1.82) is 0 Å². The molecule has 0 amide bonds. The molecule has 0 saturated heterocycles. The summed E-state index contributed by atoms with van der Waals surface area (Å²) in [7, 11) is 0. The first-order valence-corrected chi connectivity index (χ1v) is 6.55. The van der Waals surface area contributed by atoms with Crippen LogP contribution in [0.5, 0.6) is 0 Å². The van der Waals surface area contributed by atoms with Crippen LogP contribution in [0, 0.1) is 23.2 Å². The number of hydrogen-bond acceptors (Lipinski definition) is 2. The van der Waals surface area contributed by atoms with E-state index in [2.05, 4.69) is 6.92 Å². The SMILES string of the molecule is CC(CC12CC3CC(CC(C3)C1)C2)ON. The summed E-state index contributed by atoms with van der Waals surface area (Å²) in [6, 6.07) is 0. The Balaban J connectivity index is 1.75. The van der Waals surface area contributed by atoms with Gasteiger partial charge in [-0.15, -0.1) is 0 Å². The average Bonchev–Trinajstić information content (AvgIpc) is 2.14. The van der Waals surface area contributed by atoms with Crippen molar-refractivity contribution < 1.29 is 4.84 Å². The molecule has 4 fully saturated rings. The molecule has 0 aromatic carbocycles. The highest BCUT2D eigenvalue weighted by molar-refractivity contribution is 5.01. The first kappa shape index (κ1) is 10.1. The van der Waals surface area contributed by atoms with Crippen LogP contribution in [0.15, 0.2) is 0 Å². The quantitative estimate of drug-likeness (QED) is 0.725. The molecule has 86 valence electrons. The van der Waals surface area contributed by atoms with Crippen molar-refractivity contribution in [1.82, 2.24) is 0 Å². The summed E-state index contributed by atoms with van der Waals surface area (Å²) < 4.78 is 0.